The van der Waals surface area contributed by atoms with E-state index in [1.165, 1.54) is 7.11 Å². The molecule has 1 amide bonds. The van der Waals surface area contributed by atoms with Crippen molar-refractivity contribution in [3.63, 3.8) is 0 Å². The van der Waals surface area contributed by atoms with E-state index in [0.29, 0.717) is 12.4 Å². The highest BCUT2D eigenvalue weighted by molar-refractivity contribution is 5.93. The minimum Gasteiger partial charge on any atom is -0.370 e. The van der Waals surface area contributed by atoms with Crippen LogP contribution in [-0.2, 0) is 16.1 Å². The first-order valence-corrected chi connectivity index (χ1v) is 4.78. The summed E-state index contributed by atoms with van der Waals surface area (Å²) in [5.74, 6) is 0.396. The standard InChI is InChI=1S/C9H16N4O2/c1-3-13-8(4-5-11-13)12-9(14)7(6-10)15-2/h4-5,7H,3,6,10H2,1-2H3,(H,12,14). The number of aryl methyl sites for hydroxylation is 1. The van der Waals surface area contributed by atoms with Crippen LogP contribution < -0.4 is 11.1 Å². The lowest BCUT2D eigenvalue weighted by Gasteiger charge is -2.13. The predicted molar refractivity (Wildman–Crippen MR) is 56.4 cm³/mol. The van der Waals surface area contributed by atoms with E-state index in [1.807, 2.05) is 6.92 Å². The summed E-state index contributed by atoms with van der Waals surface area (Å²) in [6.45, 7) is 2.80. The van der Waals surface area contributed by atoms with Crippen LogP contribution in [-0.4, -0.2) is 35.4 Å². The number of carbonyl (C=O) groups excluding carboxylic acids is 1. The van der Waals surface area contributed by atoms with E-state index in [1.54, 1.807) is 16.9 Å². The second-order valence-corrected chi connectivity index (χ2v) is 2.98. The number of carbonyl (C=O) groups is 1. The van der Waals surface area contributed by atoms with Crippen molar-refractivity contribution in [3.05, 3.63) is 12.3 Å². The molecular weight excluding hydrogens is 196 g/mol. The monoisotopic (exact) mass is 212 g/mol. The van der Waals surface area contributed by atoms with Gasteiger partial charge in [0.05, 0.1) is 6.20 Å². The summed E-state index contributed by atoms with van der Waals surface area (Å²) in [5.41, 5.74) is 5.38. The van der Waals surface area contributed by atoms with Gasteiger partial charge in [0.1, 0.15) is 11.9 Å². The zero-order chi connectivity index (χ0) is 11.3. The molecule has 0 spiro atoms. The zero-order valence-electron chi connectivity index (χ0n) is 8.93. The summed E-state index contributed by atoms with van der Waals surface area (Å²) in [6, 6.07) is 1.73. The molecule has 0 radical (unpaired) electrons. The number of nitrogens with zero attached hydrogens (tertiary/aromatic N) is 2. The summed E-state index contributed by atoms with van der Waals surface area (Å²) in [6.07, 6.45) is 1.01. The van der Waals surface area contributed by atoms with Crippen molar-refractivity contribution < 1.29 is 9.53 Å². The van der Waals surface area contributed by atoms with Crippen molar-refractivity contribution in [2.45, 2.75) is 19.6 Å². The molecule has 0 aromatic carbocycles. The molecule has 0 aliphatic rings. The lowest BCUT2D eigenvalue weighted by atomic mass is 10.3. The van der Waals surface area contributed by atoms with Crippen molar-refractivity contribution in [2.75, 3.05) is 19.0 Å². The minimum atomic E-state index is -0.620. The van der Waals surface area contributed by atoms with Crippen LogP contribution in [0, 0.1) is 0 Å². The van der Waals surface area contributed by atoms with Gasteiger partial charge in [0.25, 0.3) is 5.91 Å². The quantitative estimate of drug-likeness (QED) is 0.709. The van der Waals surface area contributed by atoms with Crippen LogP contribution in [0.15, 0.2) is 12.3 Å². The molecule has 6 nitrogen and oxygen atoms in total. The third-order valence-corrected chi connectivity index (χ3v) is 2.06. The lowest BCUT2D eigenvalue weighted by molar-refractivity contribution is -0.125. The number of amides is 1. The fourth-order valence-electron chi connectivity index (χ4n) is 1.21. The number of nitrogens with one attached hydrogen (secondary N) is 1. The summed E-state index contributed by atoms with van der Waals surface area (Å²) in [7, 11) is 1.45. The number of aromatic nitrogens is 2. The van der Waals surface area contributed by atoms with Gasteiger partial charge in [-0.3, -0.25) is 4.79 Å². The molecule has 1 unspecified atom stereocenters. The van der Waals surface area contributed by atoms with E-state index in [-0.39, 0.29) is 12.5 Å². The second kappa shape index (κ2) is 5.47. The van der Waals surface area contributed by atoms with Crippen molar-refractivity contribution in [1.29, 1.82) is 0 Å². The first-order chi connectivity index (χ1) is 7.22. The highest BCUT2D eigenvalue weighted by Crippen LogP contribution is 2.06. The molecule has 0 aliphatic heterocycles. The third kappa shape index (κ3) is 2.77. The van der Waals surface area contributed by atoms with E-state index in [0.717, 1.165) is 0 Å². The summed E-state index contributed by atoms with van der Waals surface area (Å²) in [4.78, 5) is 11.6. The first kappa shape index (κ1) is 11.7. The molecule has 0 saturated carbocycles. The predicted octanol–water partition coefficient (Wildman–Crippen LogP) is -0.185. The molecule has 84 valence electrons. The number of hydrogen-bond acceptors (Lipinski definition) is 4. The van der Waals surface area contributed by atoms with Gasteiger partial charge in [-0.25, -0.2) is 4.68 Å². The Kier molecular flexibility index (Phi) is 4.26. The Labute approximate surface area is 88.4 Å². The van der Waals surface area contributed by atoms with Crippen LogP contribution in [0.1, 0.15) is 6.92 Å². The van der Waals surface area contributed by atoms with Gasteiger partial charge >= 0.3 is 0 Å². The van der Waals surface area contributed by atoms with Gasteiger partial charge in [-0.05, 0) is 6.92 Å². The minimum absolute atomic E-state index is 0.155. The van der Waals surface area contributed by atoms with Crippen LogP contribution in [0.5, 0.6) is 0 Å². The topological polar surface area (TPSA) is 82.2 Å². The maximum absolute atomic E-state index is 11.6. The summed E-state index contributed by atoms with van der Waals surface area (Å²) in [5, 5.41) is 6.73. The highest BCUT2D eigenvalue weighted by Gasteiger charge is 2.16. The number of hydrogen-bond donors (Lipinski definition) is 2. The van der Waals surface area contributed by atoms with Crippen LogP contribution in [0.4, 0.5) is 5.82 Å². The molecular formula is C9H16N4O2. The Morgan fingerprint density at radius 1 is 1.80 bits per heavy atom. The van der Waals surface area contributed by atoms with Crippen molar-refractivity contribution in [2.24, 2.45) is 5.73 Å². The highest BCUT2D eigenvalue weighted by atomic mass is 16.5. The van der Waals surface area contributed by atoms with E-state index in [9.17, 15) is 4.79 Å². The second-order valence-electron chi connectivity index (χ2n) is 2.98. The average Bonchev–Trinajstić information content (AvgIpc) is 2.67. The van der Waals surface area contributed by atoms with Gasteiger partial charge in [-0.2, -0.15) is 5.10 Å². The van der Waals surface area contributed by atoms with E-state index in [2.05, 4.69) is 10.4 Å². The molecule has 0 aliphatic carbocycles. The largest absolute Gasteiger partial charge is 0.370 e. The molecule has 1 heterocycles. The lowest BCUT2D eigenvalue weighted by Crippen LogP contribution is -2.36. The van der Waals surface area contributed by atoms with Gasteiger partial charge in [0.15, 0.2) is 0 Å². The maximum Gasteiger partial charge on any atom is 0.255 e. The molecule has 15 heavy (non-hydrogen) atoms. The molecule has 1 atom stereocenters. The van der Waals surface area contributed by atoms with Crippen LogP contribution >= 0.6 is 0 Å². The molecule has 0 saturated heterocycles. The molecule has 1 aromatic heterocycles. The normalized spacial score (nSPS) is 12.5. The van der Waals surface area contributed by atoms with Crippen molar-refractivity contribution in [3.8, 4) is 0 Å². The van der Waals surface area contributed by atoms with E-state index < -0.39 is 6.10 Å². The first-order valence-electron chi connectivity index (χ1n) is 4.78. The zero-order valence-corrected chi connectivity index (χ0v) is 8.93. The SMILES string of the molecule is CCn1nccc1NC(=O)C(CN)OC. The Morgan fingerprint density at radius 2 is 2.53 bits per heavy atom. The number of anilines is 1. The van der Waals surface area contributed by atoms with Crippen LogP contribution in [0.25, 0.3) is 0 Å². The third-order valence-electron chi connectivity index (χ3n) is 2.06. The fraction of sp³-hybridized carbons (Fsp3) is 0.556. The number of rotatable bonds is 5. The van der Waals surface area contributed by atoms with Crippen LogP contribution in [0.2, 0.25) is 0 Å². The summed E-state index contributed by atoms with van der Waals surface area (Å²) >= 11 is 0. The number of ether oxygens (including phenoxy) is 1. The van der Waals surface area contributed by atoms with Gasteiger partial charge < -0.3 is 15.8 Å². The fourth-order valence-corrected chi connectivity index (χ4v) is 1.21. The van der Waals surface area contributed by atoms with Gasteiger partial charge in [-0.1, -0.05) is 0 Å². The Morgan fingerprint density at radius 3 is 3.07 bits per heavy atom. The van der Waals surface area contributed by atoms with E-state index in [4.69, 9.17) is 10.5 Å². The Balaban J connectivity index is 2.65. The van der Waals surface area contributed by atoms with Crippen molar-refractivity contribution in [1.82, 2.24) is 9.78 Å². The Hall–Kier alpha value is -1.40. The van der Waals surface area contributed by atoms with E-state index >= 15 is 0 Å². The smallest absolute Gasteiger partial charge is 0.255 e. The molecule has 3 N–H and O–H groups in total. The van der Waals surface area contributed by atoms with Gasteiger partial charge in [0.2, 0.25) is 0 Å². The molecule has 0 bridgehead atoms. The maximum atomic E-state index is 11.6. The molecule has 1 rings (SSSR count). The number of nitrogens with two attached hydrogens (primary N) is 1. The molecule has 1 aromatic rings. The summed E-state index contributed by atoms with van der Waals surface area (Å²) < 4.78 is 6.60. The molecule has 0 fully saturated rings. The molecule has 6 heteroatoms. The Bertz CT molecular complexity index is 320. The van der Waals surface area contributed by atoms with Crippen LogP contribution in [0.3, 0.4) is 0 Å². The van der Waals surface area contributed by atoms with Gasteiger partial charge in [-0.15, -0.1) is 0 Å². The average molecular weight is 212 g/mol. The van der Waals surface area contributed by atoms with Crippen molar-refractivity contribution >= 4 is 11.7 Å². The van der Waals surface area contributed by atoms with Gasteiger partial charge in [0, 0.05) is 26.3 Å². The number of methoxy groups -OCH3 is 1.